The number of nitrogens with zero attached hydrogens (tertiary/aromatic N) is 1. The van der Waals surface area contributed by atoms with Crippen molar-refractivity contribution >= 4 is 28.9 Å². The smallest absolute Gasteiger partial charge is 0.255 e. The van der Waals surface area contributed by atoms with E-state index in [0.29, 0.717) is 17.5 Å². The van der Waals surface area contributed by atoms with Gasteiger partial charge in [0.25, 0.3) is 5.91 Å². The van der Waals surface area contributed by atoms with Crippen molar-refractivity contribution in [2.45, 2.75) is 43.6 Å². The molecule has 6 N–H and O–H groups in total. The first-order chi connectivity index (χ1) is 15.5. The Bertz CT molecular complexity index is 1210. The molecule has 1 aromatic rings. The minimum Gasteiger partial charge on any atom is -0.508 e. The van der Waals surface area contributed by atoms with E-state index in [9.17, 15) is 34.8 Å². The number of carbonyl (C=O) groups excluding carboxylic acids is 3. The Morgan fingerprint density at radius 2 is 1.79 bits per heavy atom. The highest BCUT2D eigenvalue weighted by Gasteiger charge is 2.60. The number of aliphatic hydroxyl groups excluding tert-OH is 2. The third kappa shape index (κ3) is 2.78. The minimum absolute atomic E-state index is 0.0834. The average molecular weight is 454 g/mol. The Kier molecular flexibility index (Phi) is 4.46. The number of phenolic OH excluding ortho intramolecular Hbond substituents is 1. The molecule has 2 fully saturated rings. The monoisotopic (exact) mass is 454 g/mol. The molecule has 0 heterocycles. The summed E-state index contributed by atoms with van der Waals surface area (Å²) in [7, 11) is 3.72. The third-order valence-corrected chi connectivity index (χ3v) is 7.57. The summed E-state index contributed by atoms with van der Waals surface area (Å²) in [6, 6.07) is 1.92. The van der Waals surface area contributed by atoms with Gasteiger partial charge in [0.2, 0.25) is 5.78 Å². The van der Waals surface area contributed by atoms with E-state index in [1.165, 1.54) is 0 Å². The standard InChI is InChI=1S/C24H26N2O7/c1-26(2)14-8-12(9-3-4-9)19(28)17-13(14)6-10-5-11-7-15(27)18(23(25)32)22(31)24(11,33)21(30)16(10)20(17)29/h8-11,28-29,31,33H,3-7H2,1-2H3,(H2,25,32)/t10-,11+,24+/m1/s1. The lowest BCUT2D eigenvalue weighted by molar-refractivity contribution is -0.147. The van der Waals surface area contributed by atoms with Crippen LogP contribution in [0.25, 0.3) is 5.76 Å². The first-order valence-corrected chi connectivity index (χ1v) is 11.0. The highest BCUT2D eigenvalue weighted by molar-refractivity contribution is 6.22. The van der Waals surface area contributed by atoms with Crippen LogP contribution in [0.4, 0.5) is 5.69 Å². The van der Waals surface area contributed by atoms with Gasteiger partial charge in [-0.05, 0) is 54.7 Å². The van der Waals surface area contributed by atoms with Crippen LogP contribution in [0.2, 0.25) is 0 Å². The fraction of sp³-hybridized carbons (Fsp3) is 0.458. The zero-order valence-electron chi connectivity index (χ0n) is 18.4. The Labute approximate surface area is 189 Å². The zero-order valence-corrected chi connectivity index (χ0v) is 18.4. The number of fused-ring (bicyclic) bond motifs is 3. The summed E-state index contributed by atoms with van der Waals surface area (Å²) in [6.45, 7) is 0. The highest BCUT2D eigenvalue weighted by Crippen LogP contribution is 2.55. The number of rotatable bonds is 3. The van der Waals surface area contributed by atoms with E-state index in [2.05, 4.69) is 0 Å². The van der Waals surface area contributed by atoms with Gasteiger partial charge in [-0.25, -0.2) is 0 Å². The lowest BCUT2D eigenvalue weighted by Crippen LogP contribution is -2.58. The molecule has 0 bridgehead atoms. The molecule has 0 radical (unpaired) electrons. The number of ketones is 2. The van der Waals surface area contributed by atoms with Crippen LogP contribution in [0.1, 0.15) is 48.3 Å². The molecule has 3 atom stereocenters. The molecule has 2 saturated carbocycles. The zero-order chi connectivity index (χ0) is 24.0. The van der Waals surface area contributed by atoms with Gasteiger partial charge in [-0.3, -0.25) is 14.4 Å². The maximum absolute atomic E-state index is 13.6. The van der Waals surface area contributed by atoms with Crippen LogP contribution in [0.5, 0.6) is 5.75 Å². The number of benzene rings is 1. The highest BCUT2D eigenvalue weighted by atomic mass is 16.3. The second-order valence-electron chi connectivity index (χ2n) is 9.76. The summed E-state index contributed by atoms with van der Waals surface area (Å²) < 4.78 is 0. The number of carbonyl (C=O) groups is 3. The molecule has 0 aliphatic heterocycles. The van der Waals surface area contributed by atoms with E-state index >= 15 is 0 Å². The molecule has 9 nitrogen and oxygen atoms in total. The van der Waals surface area contributed by atoms with Gasteiger partial charge >= 0.3 is 0 Å². The molecule has 9 heteroatoms. The summed E-state index contributed by atoms with van der Waals surface area (Å²) >= 11 is 0. The molecular formula is C24H26N2O7. The average Bonchev–Trinajstić information content (AvgIpc) is 3.55. The molecular weight excluding hydrogens is 428 g/mol. The lowest BCUT2D eigenvalue weighted by atomic mass is 9.59. The van der Waals surface area contributed by atoms with Crippen molar-refractivity contribution in [1.82, 2.24) is 0 Å². The minimum atomic E-state index is -2.54. The van der Waals surface area contributed by atoms with Gasteiger partial charge in [-0.2, -0.15) is 0 Å². The predicted molar refractivity (Wildman–Crippen MR) is 118 cm³/mol. The van der Waals surface area contributed by atoms with Crippen LogP contribution in [-0.4, -0.2) is 57.6 Å². The number of hydrogen-bond donors (Lipinski definition) is 5. The van der Waals surface area contributed by atoms with E-state index in [4.69, 9.17) is 5.73 Å². The molecule has 0 unspecified atom stereocenters. The summed E-state index contributed by atoms with van der Waals surface area (Å²) in [5.74, 6) is -5.83. The van der Waals surface area contributed by atoms with Gasteiger partial charge in [0, 0.05) is 37.7 Å². The topological polar surface area (TPSA) is 161 Å². The second-order valence-corrected chi connectivity index (χ2v) is 9.76. The number of anilines is 1. The van der Waals surface area contributed by atoms with E-state index in [1.54, 1.807) is 0 Å². The molecule has 4 aliphatic carbocycles. The molecule has 5 rings (SSSR count). The summed E-state index contributed by atoms with van der Waals surface area (Å²) in [6.07, 6.45) is 1.94. The van der Waals surface area contributed by atoms with Crippen molar-refractivity contribution in [2.75, 3.05) is 19.0 Å². The predicted octanol–water partition coefficient (Wildman–Crippen LogP) is 1.37. The Balaban J connectivity index is 1.73. The van der Waals surface area contributed by atoms with Crippen molar-refractivity contribution in [3.05, 3.63) is 39.7 Å². The van der Waals surface area contributed by atoms with Crippen molar-refractivity contribution in [1.29, 1.82) is 0 Å². The number of hydrogen-bond acceptors (Lipinski definition) is 8. The van der Waals surface area contributed by atoms with Gasteiger partial charge in [0.1, 0.15) is 22.8 Å². The normalized spacial score (nSPS) is 28.9. The lowest BCUT2D eigenvalue weighted by Gasteiger charge is -2.46. The van der Waals surface area contributed by atoms with Crippen LogP contribution < -0.4 is 10.6 Å². The molecule has 0 saturated heterocycles. The number of phenols is 1. The first kappa shape index (κ1) is 21.5. The van der Waals surface area contributed by atoms with Gasteiger partial charge in [-0.1, -0.05) is 0 Å². The fourth-order valence-corrected chi connectivity index (χ4v) is 5.79. The number of amides is 1. The quantitative estimate of drug-likeness (QED) is 0.428. The van der Waals surface area contributed by atoms with Gasteiger partial charge in [0.15, 0.2) is 11.4 Å². The number of Topliss-reactive ketones (excluding diaryl/α,β-unsaturated/α-hetero) is 2. The maximum atomic E-state index is 13.6. The largest absolute Gasteiger partial charge is 0.508 e. The summed E-state index contributed by atoms with van der Waals surface area (Å²) in [4.78, 5) is 39.6. The van der Waals surface area contributed by atoms with Gasteiger partial charge in [-0.15, -0.1) is 0 Å². The van der Waals surface area contributed by atoms with Crippen LogP contribution in [-0.2, 0) is 20.8 Å². The summed E-state index contributed by atoms with van der Waals surface area (Å²) in [5, 5.41) is 44.2. The number of aromatic hydroxyl groups is 1. The molecule has 0 spiro atoms. The molecule has 4 aliphatic rings. The van der Waals surface area contributed by atoms with E-state index in [1.807, 2.05) is 25.1 Å². The van der Waals surface area contributed by atoms with Crippen LogP contribution in [0.15, 0.2) is 23.0 Å². The molecule has 0 aromatic heterocycles. The van der Waals surface area contributed by atoms with Crippen molar-refractivity contribution in [3.8, 4) is 5.75 Å². The van der Waals surface area contributed by atoms with E-state index in [-0.39, 0.29) is 35.6 Å². The maximum Gasteiger partial charge on any atom is 0.255 e. The van der Waals surface area contributed by atoms with Crippen LogP contribution in [0, 0.1) is 11.8 Å². The van der Waals surface area contributed by atoms with Crippen molar-refractivity contribution in [2.24, 2.45) is 17.6 Å². The Hall–Kier alpha value is -3.33. The summed E-state index contributed by atoms with van der Waals surface area (Å²) in [5.41, 5.74) is 4.15. The fourth-order valence-electron chi connectivity index (χ4n) is 5.79. The Morgan fingerprint density at radius 1 is 1.12 bits per heavy atom. The molecule has 174 valence electrons. The van der Waals surface area contributed by atoms with Crippen molar-refractivity contribution < 1.29 is 34.8 Å². The SMILES string of the molecule is CN(C)c1cc(C2CC2)c(O)c2c1C[C@H]1C[C@H]3CC(=O)C(C(N)=O)=C(O)[C@@]3(O)C(=O)C1=C2O. The third-order valence-electron chi connectivity index (χ3n) is 7.57. The van der Waals surface area contributed by atoms with Crippen molar-refractivity contribution in [3.63, 3.8) is 0 Å². The van der Waals surface area contributed by atoms with Crippen LogP contribution >= 0.6 is 0 Å². The first-order valence-electron chi connectivity index (χ1n) is 11.0. The second kappa shape index (κ2) is 6.84. The van der Waals surface area contributed by atoms with Crippen LogP contribution in [0.3, 0.4) is 0 Å². The number of aliphatic hydroxyl groups is 3. The number of nitrogens with two attached hydrogens (primary N) is 1. The number of primary amides is 1. The molecule has 1 amide bonds. The van der Waals surface area contributed by atoms with E-state index < -0.39 is 52.0 Å². The Morgan fingerprint density at radius 3 is 2.36 bits per heavy atom. The molecule has 1 aromatic carbocycles. The van der Waals surface area contributed by atoms with E-state index in [0.717, 1.165) is 18.5 Å². The van der Waals surface area contributed by atoms with Gasteiger partial charge < -0.3 is 31.1 Å². The molecule has 33 heavy (non-hydrogen) atoms. The van der Waals surface area contributed by atoms with Gasteiger partial charge in [0.05, 0.1) is 5.56 Å².